The summed E-state index contributed by atoms with van der Waals surface area (Å²) in [5.41, 5.74) is 2.33. The number of benzene rings is 2. The van der Waals surface area contributed by atoms with Gasteiger partial charge in [-0.2, -0.15) is 0 Å². The van der Waals surface area contributed by atoms with Crippen LogP contribution in [0.5, 0.6) is 5.75 Å². The summed E-state index contributed by atoms with van der Waals surface area (Å²) in [5, 5.41) is 0. The first kappa shape index (κ1) is 21.6. The van der Waals surface area contributed by atoms with E-state index in [0.717, 1.165) is 11.3 Å². The third kappa shape index (κ3) is 5.17. The molecule has 32 heavy (non-hydrogen) atoms. The third-order valence-electron chi connectivity index (χ3n) is 5.53. The zero-order valence-electron chi connectivity index (χ0n) is 17.8. The van der Waals surface area contributed by atoms with Crippen molar-refractivity contribution in [3.8, 4) is 5.75 Å². The lowest BCUT2D eigenvalue weighted by Crippen LogP contribution is -2.49. The first-order valence-electron chi connectivity index (χ1n) is 10.4. The lowest BCUT2D eigenvalue weighted by molar-refractivity contribution is 0.0696. The molecule has 0 bridgehead atoms. The molecule has 0 aliphatic carbocycles. The SMILES string of the molecule is COc1cccc(COC(=O)N2CCN(CCC(=O)c3ccc4[nH]c(=O)oc4c3)CC2)c1. The van der Waals surface area contributed by atoms with Crippen LogP contribution in [0.1, 0.15) is 22.3 Å². The number of fused-ring (bicyclic) bond motifs is 1. The normalized spacial score (nSPS) is 14.5. The molecule has 0 radical (unpaired) electrons. The van der Waals surface area contributed by atoms with Crippen molar-refractivity contribution in [2.75, 3.05) is 39.8 Å². The third-order valence-corrected chi connectivity index (χ3v) is 5.53. The van der Waals surface area contributed by atoms with Crippen LogP contribution in [-0.4, -0.2) is 66.5 Å². The van der Waals surface area contributed by atoms with Gasteiger partial charge < -0.3 is 18.8 Å². The predicted molar refractivity (Wildman–Crippen MR) is 117 cm³/mol. The van der Waals surface area contributed by atoms with Crippen molar-refractivity contribution < 1.29 is 23.5 Å². The highest BCUT2D eigenvalue weighted by Gasteiger charge is 2.22. The maximum Gasteiger partial charge on any atom is 0.417 e. The van der Waals surface area contributed by atoms with E-state index in [1.807, 2.05) is 24.3 Å². The maximum absolute atomic E-state index is 12.5. The van der Waals surface area contributed by atoms with E-state index >= 15 is 0 Å². The maximum atomic E-state index is 12.5. The highest BCUT2D eigenvalue weighted by molar-refractivity contribution is 5.98. The van der Waals surface area contributed by atoms with Crippen LogP contribution in [0, 0.1) is 0 Å². The quantitative estimate of drug-likeness (QED) is 0.564. The van der Waals surface area contributed by atoms with Gasteiger partial charge in [0.05, 0.1) is 12.6 Å². The van der Waals surface area contributed by atoms with Gasteiger partial charge in [-0.3, -0.25) is 14.7 Å². The highest BCUT2D eigenvalue weighted by Crippen LogP contribution is 2.16. The summed E-state index contributed by atoms with van der Waals surface area (Å²) in [4.78, 5) is 42.5. The molecule has 168 valence electrons. The van der Waals surface area contributed by atoms with Gasteiger partial charge in [0.1, 0.15) is 12.4 Å². The van der Waals surface area contributed by atoms with E-state index in [0.29, 0.717) is 55.8 Å². The molecule has 1 amide bonds. The molecule has 2 heterocycles. The minimum absolute atomic E-state index is 0.0177. The Bertz CT molecular complexity index is 1160. The van der Waals surface area contributed by atoms with Gasteiger partial charge in [0.15, 0.2) is 11.4 Å². The van der Waals surface area contributed by atoms with Crippen molar-refractivity contribution >= 4 is 23.0 Å². The van der Waals surface area contributed by atoms with Gasteiger partial charge >= 0.3 is 11.8 Å². The number of oxazole rings is 1. The molecule has 0 atom stereocenters. The number of ketones is 1. The molecule has 1 aliphatic heterocycles. The van der Waals surface area contributed by atoms with E-state index in [2.05, 4.69) is 9.88 Å². The number of aromatic amines is 1. The fourth-order valence-corrected chi connectivity index (χ4v) is 3.68. The second kappa shape index (κ2) is 9.69. The molecule has 2 aromatic carbocycles. The summed E-state index contributed by atoms with van der Waals surface area (Å²) in [5.74, 6) is 0.166. The van der Waals surface area contributed by atoms with Crippen LogP contribution in [-0.2, 0) is 11.3 Å². The Morgan fingerprint density at radius 3 is 2.69 bits per heavy atom. The minimum atomic E-state index is -0.538. The van der Waals surface area contributed by atoms with E-state index < -0.39 is 5.76 Å². The van der Waals surface area contributed by atoms with E-state index in [-0.39, 0.29) is 18.5 Å². The Morgan fingerprint density at radius 1 is 1.09 bits per heavy atom. The monoisotopic (exact) mass is 439 g/mol. The molecule has 1 aliphatic rings. The van der Waals surface area contributed by atoms with Gasteiger partial charge in [0.25, 0.3) is 0 Å². The second-order valence-electron chi connectivity index (χ2n) is 7.63. The molecule has 1 saturated heterocycles. The Balaban J connectivity index is 1.21. The predicted octanol–water partition coefficient (Wildman–Crippen LogP) is 2.66. The molecule has 0 unspecified atom stereocenters. The first-order chi connectivity index (χ1) is 15.5. The molecule has 1 aromatic heterocycles. The number of H-pyrrole nitrogens is 1. The van der Waals surface area contributed by atoms with Gasteiger partial charge in [-0.1, -0.05) is 12.1 Å². The zero-order chi connectivity index (χ0) is 22.5. The average Bonchev–Trinajstić information content (AvgIpc) is 3.20. The lowest BCUT2D eigenvalue weighted by Gasteiger charge is -2.33. The number of rotatable bonds is 7. The largest absolute Gasteiger partial charge is 0.497 e. The lowest BCUT2D eigenvalue weighted by atomic mass is 10.1. The number of hydrogen-bond acceptors (Lipinski definition) is 7. The number of nitrogens with one attached hydrogen (secondary N) is 1. The van der Waals surface area contributed by atoms with Gasteiger partial charge in [0.2, 0.25) is 0 Å². The molecule has 9 heteroatoms. The number of carbonyl (C=O) groups is 2. The molecular weight excluding hydrogens is 414 g/mol. The van der Waals surface area contributed by atoms with Crippen LogP contribution in [0.2, 0.25) is 0 Å². The molecule has 4 rings (SSSR count). The molecular formula is C23H25N3O6. The van der Waals surface area contributed by atoms with Crippen molar-refractivity contribution in [2.24, 2.45) is 0 Å². The van der Waals surface area contributed by atoms with Crippen LogP contribution in [0.3, 0.4) is 0 Å². The number of carbonyl (C=O) groups excluding carboxylic acids is 2. The van der Waals surface area contributed by atoms with E-state index in [9.17, 15) is 14.4 Å². The van der Waals surface area contributed by atoms with E-state index in [4.69, 9.17) is 13.9 Å². The first-order valence-corrected chi connectivity index (χ1v) is 10.4. The molecule has 0 spiro atoms. The molecule has 1 N–H and O–H groups in total. The summed E-state index contributed by atoms with van der Waals surface area (Å²) >= 11 is 0. The van der Waals surface area contributed by atoms with Gasteiger partial charge in [-0.25, -0.2) is 9.59 Å². The standard InChI is InChI=1S/C23H25N3O6/c1-30-18-4-2-3-16(13-18)15-31-23(29)26-11-9-25(10-12-26)8-7-20(27)17-5-6-19-21(14-17)32-22(28)24-19/h2-6,13-14H,7-12,15H2,1H3,(H,24,28). The van der Waals surface area contributed by atoms with Crippen molar-refractivity contribution in [2.45, 2.75) is 13.0 Å². The summed E-state index contributed by atoms with van der Waals surface area (Å²) in [6, 6.07) is 12.4. The number of nitrogens with zero attached hydrogens (tertiary/aromatic N) is 2. The molecule has 1 fully saturated rings. The number of ether oxygens (including phenoxy) is 2. The number of aromatic nitrogens is 1. The molecule has 3 aromatic rings. The summed E-state index contributed by atoms with van der Waals surface area (Å²) < 4.78 is 15.6. The van der Waals surface area contributed by atoms with Crippen molar-refractivity contribution in [3.05, 3.63) is 64.1 Å². The number of piperazine rings is 1. The van der Waals surface area contributed by atoms with Gasteiger partial charge in [-0.05, 0) is 35.9 Å². The average molecular weight is 439 g/mol. The smallest absolute Gasteiger partial charge is 0.417 e. The van der Waals surface area contributed by atoms with Crippen LogP contribution < -0.4 is 10.5 Å². The topological polar surface area (TPSA) is 105 Å². The highest BCUT2D eigenvalue weighted by atomic mass is 16.6. The Labute approximate surface area is 184 Å². The fourth-order valence-electron chi connectivity index (χ4n) is 3.68. The number of methoxy groups -OCH3 is 1. The number of amides is 1. The second-order valence-corrected chi connectivity index (χ2v) is 7.63. The van der Waals surface area contributed by atoms with Crippen LogP contribution in [0.4, 0.5) is 4.79 Å². The van der Waals surface area contributed by atoms with Gasteiger partial charge in [-0.15, -0.1) is 0 Å². The minimum Gasteiger partial charge on any atom is -0.497 e. The van der Waals surface area contributed by atoms with Crippen LogP contribution >= 0.6 is 0 Å². The van der Waals surface area contributed by atoms with Crippen molar-refractivity contribution in [1.29, 1.82) is 0 Å². The van der Waals surface area contributed by atoms with Crippen molar-refractivity contribution in [1.82, 2.24) is 14.8 Å². The number of Topliss-reactive ketones (excluding diaryl/α,β-unsaturated/α-hetero) is 1. The van der Waals surface area contributed by atoms with Crippen LogP contribution in [0.25, 0.3) is 11.1 Å². The summed E-state index contributed by atoms with van der Waals surface area (Å²) in [6.45, 7) is 3.23. The van der Waals surface area contributed by atoms with E-state index in [1.165, 1.54) is 0 Å². The van der Waals surface area contributed by atoms with Crippen molar-refractivity contribution in [3.63, 3.8) is 0 Å². The van der Waals surface area contributed by atoms with Crippen LogP contribution in [0.15, 0.2) is 51.7 Å². The Kier molecular flexibility index (Phi) is 6.55. The fraction of sp³-hybridized carbons (Fsp3) is 0.348. The summed E-state index contributed by atoms with van der Waals surface area (Å²) in [7, 11) is 1.60. The molecule has 0 saturated carbocycles. The molecule has 9 nitrogen and oxygen atoms in total. The van der Waals surface area contributed by atoms with E-state index in [1.54, 1.807) is 30.2 Å². The Morgan fingerprint density at radius 2 is 1.91 bits per heavy atom. The van der Waals surface area contributed by atoms with Gasteiger partial charge in [0, 0.05) is 44.7 Å². The summed E-state index contributed by atoms with van der Waals surface area (Å²) in [6.07, 6.45) is 0.00493. The Hall–Kier alpha value is -3.59. The zero-order valence-corrected chi connectivity index (χ0v) is 17.8. The number of hydrogen-bond donors (Lipinski definition) is 1.